The number of rotatable bonds is 3. The van der Waals surface area contributed by atoms with E-state index in [1.165, 1.54) is 17.8 Å². The number of pyridine rings is 1. The molecule has 0 spiro atoms. The molecule has 0 saturated carbocycles. The van der Waals surface area contributed by atoms with E-state index in [9.17, 15) is 4.79 Å². The number of nitrogens with two attached hydrogens (primary N) is 1. The second kappa shape index (κ2) is 6.93. The zero-order valence-electron chi connectivity index (χ0n) is 11.3. The Balaban J connectivity index is 2.06. The maximum absolute atomic E-state index is 12.0. The van der Waals surface area contributed by atoms with E-state index in [0.29, 0.717) is 36.9 Å². The van der Waals surface area contributed by atoms with Crippen LogP contribution in [0.25, 0.3) is 0 Å². The van der Waals surface area contributed by atoms with Crippen LogP contribution in [0.5, 0.6) is 0 Å². The number of nitriles is 2. The van der Waals surface area contributed by atoms with Gasteiger partial charge in [0.1, 0.15) is 23.3 Å². The summed E-state index contributed by atoms with van der Waals surface area (Å²) in [5.41, 5.74) is 6.22. The van der Waals surface area contributed by atoms with Crippen LogP contribution in [0.1, 0.15) is 11.1 Å². The number of morpholine rings is 1. The van der Waals surface area contributed by atoms with Crippen molar-refractivity contribution >= 4 is 23.5 Å². The molecular weight excluding hydrogens is 290 g/mol. The third-order valence-corrected chi connectivity index (χ3v) is 4.02. The van der Waals surface area contributed by atoms with Crippen molar-refractivity contribution < 1.29 is 14.5 Å². The summed E-state index contributed by atoms with van der Waals surface area (Å²) in [5, 5.41) is 18.5. The molecule has 3 N–H and O–H groups in total. The number of anilines is 1. The van der Waals surface area contributed by atoms with E-state index in [-0.39, 0.29) is 23.0 Å². The highest BCUT2D eigenvalue weighted by molar-refractivity contribution is 7.99. The van der Waals surface area contributed by atoms with E-state index in [1.807, 2.05) is 12.1 Å². The fraction of sp³-hybridized carbons (Fsp3) is 0.385. The Kier molecular flexibility index (Phi) is 4.99. The quantitative estimate of drug-likeness (QED) is 0.771. The molecule has 0 unspecified atom stereocenters. The SMILES string of the molecule is N#Cc1cc(C#N)c(SCC(=O)N2CCOCC2)[nH+]c1N. The largest absolute Gasteiger partial charge is 0.378 e. The highest BCUT2D eigenvalue weighted by Gasteiger charge is 2.20. The topological polar surface area (TPSA) is 117 Å². The maximum Gasteiger partial charge on any atom is 0.289 e. The second-order valence-electron chi connectivity index (χ2n) is 4.34. The van der Waals surface area contributed by atoms with Gasteiger partial charge in [0.2, 0.25) is 5.91 Å². The van der Waals surface area contributed by atoms with E-state index in [1.54, 1.807) is 4.90 Å². The van der Waals surface area contributed by atoms with Crippen LogP contribution >= 0.6 is 11.8 Å². The molecule has 0 bridgehead atoms. The molecule has 0 aromatic carbocycles. The number of hydrogen-bond acceptors (Lipinski definition) is 6. The summed E-state index contributed by atoms with van der Waals surface area (Å²) in [5.74, 6) is 0.387. The summed E-state index contributed by atoms with van der Waals surface area (Å²) in [6.07, 6.45) is 0. The number of carbonyl (C=O) groups is 1. The molecule has 0 aliphatic carbocycles. The highest BCUT2D eigenvalue weighted by atomic mass is 32.2. The van der Waals surface area contributed by atoms with Crippen molar-refractivity contribution in [2.24, 2.45) is 0 Å². The van der Waals surface area contributed by atoms with Crippen molar-refractivity contribution in [2.45, 2.75) is 5.03 Å². The van der Waals surface area contributed by atoms with Gasteiger partial charge in [-0.1, -0.05) is 11.8 Å². The second-order valence-corrected chi connectivity index (χ2v) is 5.33. The molecule has 1 fully saturated rings. The smallest absolute Gasteiger partial charge is 0.289 e. The van der Waals surface area contributed by atoms with Crippen LogP contribution in [-0.4, -0.2) is 42.9 Å². The number of amides is 1. The number of carbonyl (C=O) groups excluding carboxylic acids is 1. The monoisotopic (exact) mass is 304 g/mol. The molecule has 0 radical (unpaired) electrons. The van der Waals surface area contributed by atoms with Gasteiger partial charge in [-0.25, -0.2) is 4.98 Å². The Morgan fingerprint density at radius 2 is 2.05 bits per heavy atom. The molecule has 1 aliphatic heterocycles. The van der Waals surface area contributed by atoms with Gasteiger partial charge in [0.05, 0.1) is 19.0 Å². The molecule has 7 nitrogen and oxygen atoms in total. The molecule has 21 heavy (non-hydrogen) atoms. The first-order valence-corrected chi connectivity index (χ1v) is 7.28. The zero-order valence-corrected chi connectivity index (χ0v) is 12.1. The molecule has 1 aromatic heterocycles. The van der Waals surface area contributed by atoms with Crippen molar-refractivity contribution in [3.05, 3.63) is 17.2 Å². The molecule has 0 atom stereocenters. The van der Waals surface area contributed by atoms with Crippen LogP contribution in [0.15, 0.2) is 11.1 Å². The lowest BCUT2D eigenvalue weighted by atomic mass is 10.2. The number of thioether (sulfide) groups is 1. The molecular formula is C13H14N5O2S+. The number of hydrogen-bond donors (Lipinski definition) is 1. The first kappa shape index (κ1) is 15.1. The van der Waals surface area contributed by atoms with Gasteiger partial charge in [0.15, 0.2) is 5.03 Å². The van der Waals surface area contributed by atoms with Gasteiger partial charge < -0.3 is 9.64 Å². The first-order chi connectivity index (χ1) is 10.2. The van der Waals surface area contributed by atoms with Crippen LogP contribution in [-0.2, 0) is 9.53 Å². The molecule has 1 amide bonds. The van der Waals surface area contributed by atoms with E-state index in [4.69, 9.17) is 21.0 Å². The predicted molar refractivity (Wildman–Crippen MR) is 75.0 cm³/mol. The van der Waals surface area contributed by atoms with Gasteiger partial charge in [-0.2, -0.15) is 10.5 Å². The summed E-state index contributed by atoms with van der Waals surface area (Å²) < 4.78 is 5.19. The van der Waals surface area contributed by atoms with E-state index >= 15 is 0 Å². The summed E-state index contributed by atoms with van der Waals surface area (Å²) in [7, 11) is 0. The van der Waals surface area contributed by atoms with E-state index in [0.717, 1.165) is 0 Å². The molecule has 1 aromatic rings. The lowest BCUT2D eigenvalue weighted by Gasteiger charge is -2.26. The Hall–Kier alpha value is -2.29. The Labute approximate surface area is 126 Å². The minimum atomic E-state index is -0.0106. The lowest BCUT2D eigenvalue weighted by molar-refractivity contribution is -0.410. The number of nitrogens with one attached hydrogen (secondary N) is 1. The third kappa shape index (κ3) is 3.63. The minimum Gasteiger partial charge on any atom is -0.378 e. The lowest BCUT2D eigenvalue weighted by Crippen LogP contribution is -2.41. The normalized spacial score (nSPS) is 14.3. The number of H-pyrrole nitrogens is 1. The standard InChI is InChI=1S/C13H13N5O2S/c14-6-9-5-10(7-15)13(17-12(9)16)21-8-11(19)18-1-3-20-4-2-18/h5H,1-4,8H2,(H2,16,17)/p+1. The molecule has 1 aliphatic rings. The van der Waals surface area contributed by atoms with Gasteiger partial charge >= 0.3 is 0 Å². The average molecular weight is 304 g/mol. The van der Waals surface area contributed by atoms with Crippen molar-refractivity contribution in [3.63, 3.8) is 0 Å². The zero-order chi connectivity index (χ0) is 15.2. The van der Waals surface area contributed by atoms with Gasteiger partial charge in [0, 0.05) is 13.1 Å². The van der Waals surface area contributed by atoms with Crippen LogP contribution < -0.4 is 10.7 Å². The summed E-state index contributed by atoms with van der Waals surface area (Å²) >= 11 is 1.21. The predicted octanol–water partition coefficient (Wildman–Crippen LogP) is -0.223. The average Bonchev–Trinajstić information content (AvgIpc) is 2.53. The Bertz CT molecular complexity index is 629. The van der Waals surface area contributed by atoms with Crippen LogP contribution in [0.2, 0.25) is 0 Å². The fourth-order valence-corrected chi connectivity index (χ4v) is 2.76. The summed E-state index contributed by atoms with van der Waals surface area (Å²) in [4.78, 5) is 16.6. The van der Waals surface area contributed by atoms with Crippen molar-refractivity contribution in [1.29, 1.82) is 10.5 Å². The number of aromatic nitrogens is 1. The van der Waals surface area contributed by atoms with E-state index < -0.39 is 0 Å². The number of aromatic amines is 1. The van der Waals surface area contributed by atoms with Crippen LogP contribution in [0.3, 0.4) is 0 Å². The Morgan fingerprint density at radius 3 is 2.67 bits per heavy atom. The van der Waals surface area contributed by atoms with Crippen molar-refractivity contribution in [2.75, 3.05) is 37.8 Å². The van der Waals surface area contributed by atoms with E-state index in [2.05, 4.69) is 4.98 Å². The van der Waals surface area contributed by atoms with Gasteiger partial charge in [0.25, 0.3) is 5.82 Å². The summed E-state index contributed by atoms with van der Waals surface area (Å²) in [6.45, 7) is 2.28. The number of nitrogens with zero attached hydrogens (tertiary/aromatic N) is 3. The number of ether oxygens (including phenoxy) is 1. The van der Waals surface area contributed by atoms with Crippen molar-refractivity contribution in [3.8, 4) is 12.1 Å². The van der Waals surface area contributed by atoms with Gasteiger partial charge in [-0.05, 0) is 6.07 Å². The molecule has 8 heteroatoms. The molecule has 108 valence electrons. The molecule has 2 rings (SSSR count). The number of nitrogen functional groups attached to an aromatic ring is 1. The van der Waals surface area contributed by atoms with Crippen LogP contribution in [0.4, 0.5) is 5.82 Å². The summed E-state index contributed by atoms with van der Waals surface area (Å²) in [6, 6.07) is 5.33. The maximum atomic E-state index is 12.0. The molecule has 1 saturated heterocycles. The van der Waals surface area contributed by atoms with Gasteiger partial charge in [-0.3, -0.25) is 10.5 Å². The third-order valence-electron chi connectivity index (χ3n) is 3.02. The minimum absolute atomic E-state index is 0.0106. The fourth-order valence-electron chi connectivity index (χ4n) is 1.87. The first-order valence-electron chi connectivity index (χ1n) is 6.30. The van der Waals surface area contributed by atoms with Crippen molar-refractivity contribution in [1.82, 2.24) is 4.90 Å². The van der Waals surface area contributed by atoms with Gasteiger partial charge in [-0.15, -0.1) is 0 Å². The van der Waals surface area contributed by atoms with Crippen LogP contribution in [0, 0.1) is 22.7 Å². The highest BCUT2D eigenvalue weighted by Crippen LogP contribution is 2.20. The Morgan fingerprint density at radius 1 is 1.38 bits per heavy atom. The molecule has 2 heterocycles.